The molecule has 0 radical (unpaired) electrons. The largest absolute Gasteiger partial charge is 0.466 e. The van der Waals surface area contributed by atoms with Gasteiger partial charge in [-0.1, -0.05) is 29.5 Å². The Hall–Kier alpha value is -2.21. The van der Waals surface area contributed by atoms with Gasteiger partial charge in [0.25, 0.3) is 5.56 Å². The summed E-state index contributed by atoms with van der Waals surface area (Å²) < 4.78 is 6.45. The number of benzene rings is 1. The highest BCUT2D eigenvalue weighted by atomic mass is 32.1. The van der Waals surface area contributed by atoms with Crippen LogP contribution in [0, 0.1) is 0 Å². The van der Waals surface area contributed by atoms with Crippen molar-refractivity contribution in [3.05, 3.63) is 49.5 Å². The molecule has 5 nitrogen and oxygen atoms in total. The van der Waals surface area contributed by atoms with E-state index in [0.717, 1.165) is 11.3 Å². The fourth-order valence-electron chi connectivity index (χ4n) is 1.92. The molecule has 0 amide bonds. The van der Waals surface area contributed by atoms with E-state index in [1.165, 1.54) is 24.5 Å². The van der Waals surface area contributed by atoms with Crippen LogP contribution in [-0.4, -0.2) is 17.6 Å². The number of rotatable bonds is 1. The number of hydrogen-bond donors (Lipinski definition) is 0. The Labute approximate surface area is 112 Å². The Balaban J connectivity index is 2.23. The molecule has 0 spiro atoms. The van der Waals surface area contributed by atoms with Crippen molar-refractivity contribution in [1.29, 1.82) is 0 Å². The SMILES string of the molecule is COC(=O)C=c1sc2n(c1=O)Cc1ccccc1N=2. The standard InChI is InChI=1S/C13H10N2O3S/c1-18-11(16)6-10-12(17)15-7-8-4-2-3-5-9(8)14-13(15)19-10/h2-6H,7H2,1H3. The molecule has 1 aromatic heterocycles. The average molecular weight is 274 g/mol. The predicted molar refractivity (Wildman–Crippen MR) is 71.0 cm³/mol. The third kappa shape index (κ3) is 2.00. The molecule has 2 heterocycles. The summed E-state index contributed by atoms with van der Waals surface area (Å²) in [4.78, 5) is 28.4. The molecule has 0 unspecified atom stereocenters. The minimum atomic E-state index is -0.534. The van der Waals surface area contributed by atoms with Gasteiger partial charge in [0.15, 0.2) is 4.80 Å². The molecule has 0 atom stereocenters. The molecular weight excluding hydrogens is 264 g/mol. The number of hydrogen-bond acceptors (Lipinski definition) is 5. The molecule has 0 saturated heterocycles. The predicted octanol–water partition coefficient (Wildman–Crippen LogP) is 0.176. The van der Waals surface area contributed by atoms with Gasteiger partial charge in [-0.15, -0.1) is 0 Å². The van der Waals surface area contributed by atoms with Crippen LogP contribution in [-0.2, 0) is 16.1 Å². The molecule has 6 heteroatoms. The van der Waals surface area contributed by atoms with E-state index in [1.54, 1.807) is 4.57 Å². The van der Waals surface area contributed by atoms with Gasteiger partial charge in [0.2, 0.25) is 0 Å². The Bertz CT molecular complexity index is 832. The van der Waals surface area contributed by atoms with Gasteiger partial charge in [0.1, 0.15) is 4.53 Å². The van der Waals surface area contributed by atoms with Gasteiger partial charge in [0.05, 0.1) is 19.3 Å². The first-order chi connectivity index (χ1) is 9.19. The van der Waals surface area contributed by atoms with E-state index < -0.39 is 5.97 Å². The molecule has 96 valence electrons. The van der Waals surface area contributed by atoms with Crippen LogP contribution in [0.25, 0.3) is 6.08 Å². The Morgan fingerprint density at radius 3 is 3.05 bits per heavy atom. The van der Waals surface area contributed by atoms with E-state index in [1.807, 2.05) is 24.3 Å². The number of nitrogens with zero attached hydrogens (tertiary/aromatic N) is 2. The van der Waals surface area contributed by atoms with Crippen LogP contribution in [0.15, 0.2) is 34.1 Å². The molecule has 0 fully saturated rings. The van der Waals surface area contributed by atoms with Gasteiger partial charge < -0.3 is 4.74 Å². The maximum atomic E-state index is 12.1. The number of carbonyl (C=O) groups excluding carboxylic acids is 1. The molecule has 3 rings (SSSR count). The van der Waals surface area contributed by atoms with Gasteiger partial charge in [-0.05, 0) is 11.6 Å². The van der Waals surface area contributed by atoms with Gasteiger partial charge in [-0.3, -0.25) is 9.36 Å². The van der Waals surface area contributed by atoms with Crippen molar-refractivity contribution in [2.75, 3.05) is 7.11 Å². The van der Waals surface area contributed by atoms with Crippen molar-refractivity contribution in [2.45, 2.75) is 6.54 Å². The smallest absolute Gasteiger partial charge is 0.332 e. The first kappa shape index (κ1) is 11.9. The van der Waals surface area contributed by atoms with E-state index in [4.69, 9.17) is 0 Å². The van der Waals surface area contributed by atoms with E-state index in [-0.39, 0.29) is 5.56 Å². The number of aromatic nitrogens is 1. The summed E-state index contributed by atoms with van der Waals surface area (Å²) in [5, 5.41) is 0. The number of fused-ring (bicyclic) bond motifs is 2. The monoisotopic (exact) mass is 274 g/mol. The van der Waals surface area contributed by atoms with E-state index >= 15 is 0 Å². The van der Waals surface area contributed by atoms with Gasteiger partial charge in [0, 0.05) is 6.08 Å². The lowest BCUT2D eigenvalue weighted by molar-refractivity contribution is -0.133. The van der Waals surface area contributed by atoms with Crippen molar-refractivity contribution in [1.82, 2.24) is 4.57 Å². The lowest BCUT2D eigenvalue weighted by Crippen LogP contribution is -2.33. The fraction of sp³-hybridized carbons (Fsp3) is 0.154. The molecule has 0 saturated carbocycles. The highest BCUT2D eigenvalue weighted by molar-refractivity contribution is 7.07. The van der Waals surface area contributed by atoms with Crippen molar-refractivity contribution in [3.63, 3.8) is 0 Å². The van der Waals surface area contributed by atoms with Gasteiger partial charge >= 0.3 is 5.97 Å². The molecule has 1 aromatic carbocycles. The van der Waals surface area contributed by atoms with Crippen molar-refractivity contribution < 1.29 is 9.53 Å². The average Bonchev–Trinajstić information content (AvgIpc) is 2.72. The van der Waals surface area contributed by atoms with Crippen LogP contribution >= 0.6 is 11.3 Å². The maximum Gasteiger partial charge on any atom is 0.332 e. The maximum absolute atomic E-state index is 12.1. The van der Waals surface area contributed by atoms with Crippen LogP contribution in [0.1, 0.15) is 5.56 Å². The molecule has 2 aromatic rings. The minimum Gasteiger partial charge on any atom is -0.466 e. The van der Waals surface area contributed by atoms with Crippen LogP contribution in [0.2, 0.25) is 0 Å². The third-order valence-corrected chi connectivity index (χ3v) is 3.88. The normalized spacial score (nSPS) is 13.4. The van der Waals surface area contributed by atoms with E-state index in [0.29, 0.717) is 15.9 Å². The third-order valence-electron chi connectivity index (χ3n) is 2.87. The first-order valence-electron chi connectivity index (χ1n) is 5.65. The van der Waals surface area contributed by atoms with Crippen molar-refractivity contribution in [3.8, 4) is 0 Å². The Kier molecular flexibility index (Phi) is 2.79. The number of para-hydroxylation sites is 1. The quantitative estimate of drug-likeness (QED) is 0.595. The van der Waals surface area contributed by atoms with Gasteiger partial charge in [-0.25, -0.2) is 9.79 Å². The summed E-state index contributed by atoms with van der Waals surface area (Å²) >= 11 is 1.20. The molecule has 0 aliphatic carbocycles. The van der Waals surface area contributed by atoms with Crippen molar-refractivity contribution in [2.24, 2.45) is 4.99 Å². The zero-order valence-corrected chi connectivity index (χ0v) is 10.9. The Morgan fingerprint density at radius 1 is 1.47 bits per heavy atom. The Morgan fingerprint density at radius 2 is 2.26 bits per heavy atom. The molecule has 1 aliphatic heterocycles. The van der Waals surface area contributed by atoms with Crippen molar-refractivity contribution >= 4 is 29.1 Å². The molecule has 19 heavy (non-hydrogen) atoms. The molecule has 1 aliphatic rings. The fourth-order valence-corrected chi connectivity index (χ4v) is 2.87. The van der Waals surface area contributed by atoms with Gasteiger partial charge in [-0.2, -0.15) is 0 Å². The van der Waals surface area contributed by atoms with Crippen LogP contribution in [0.5, 0.6) is 0 Å². The van der Waals surface area contributed by atoms with Crippen LogP contribution < -0.4 is 14.9 Å². The van der Waals surface area contributed by atoms with Crippen LogP contribution in [0.4, 0.5) is 5.69 Å². The number of methoxy groups -OCH3 is 1. The lowest BCUT2D eigenvalue weighted by Gasteiger charge is -2.10. The summed E-state index contributed by atoms with van der Waals surface area (Å²) in [6.07, 6.45) is 1.21. The number of esters is 1. The second-order valence-corrected chi connectivity index (χ2v) is 5.06. The van der Waals surface area contributed by atoms with E-state index in [2.05, 4.69) is 9.73 Å². The molecule has 0 bridgehead atoms. The second-order valence-electron chi connectivity index (χ2n) is 4.05. The highest BCUT2D eigenvalue weighted by Gasteiger charge is 2.14. The number of ether oxygens (including phenoxy) is 1. The number of thiazole rings is 1. The topological polar surface area (TPSA) is 60.7 Å². The zero-order chi connectivity index (χ0) is 13.4. The highest BCUT2D eigenvalue weighted by Crippen LogP contribution is 2.20. The summed E-state index contributed by atoms with van der Waals surface area (Å²) in [5.41, 5.74) is 1.66. The lowest BCUT2D eigenvalue weighted by atomic mass is 10.1. The first-order valence-corrected chi connectivity index (χ1v) is 6.46. The minimum absolute atomic E-state index is 0.205. The molecular formula is C13H10N2O3S. The summed E-state index contributed by atoms with van der Waals surface area (Å²) in [7, 11) is 1.28. The number of carbonyl (C=O) groups is 1. The van der Waals surface area contributed by atoms with E-state index in [9.17, 15) is 9.59 Å². The summed E-state index contributed by atoms with van der Waals surface area (Å²) in [5.74, 6) is -0.534. The summed E-state index contributed by atoms with van der Waals surface area (Å²) in [6, 6.07) is 7.67. The second kappa shape index (κ2) is 4.47. The van der Waals surface area contributed by atoms with Crippen LogP contribution in [0.3, 0.4) is 0 Å². The molecule has 0 N–H and O–H groups in total. The zero-order valence-electron chi connectivity index (χ0n) is 10.1. The summed E-state index contributed by atoms with van der Waals surface area (Å²) in [6.45, 7) is 0.485.